The summed E-state index contributed by atoms with van der Waals surface area (Å²) in [6.45, 7) is 3.20. The van der Waals surface area contributed by atoms with Gasteiger partial charge in [0, 0.05) is 13.0 Å². The summed E-state index contributed by atoms with van der Waals surface area (Å²) in [5.74, 6) is -0.136. The molecule has 1 heterocycles. The van der Waals surface area contributed by atoms with Crippen LogP contribution in [0.4, 0.5) is 0 Å². The Bertz CT molecular complexity index is 571. The molecule has 1 rings (SSSR count). The van der Waals surface area contributed by atoms with Crippen LogP contribution in [0.1, 0.15) is 116 Å². The molecule has 0 spiro atoms. The third kappa shape index (κ3) is 13.2. The Morgan fingerprint density at radius 1 is 0.906 bits per heavy atom. The lowest BCUT2D eigenvalue weighted by molar-refractivity contribution is -0.780. The highest BCUT2D eigenvalue weighted by Crippen LogP contribution is 2.21. The van der Waals surface area contributed by atoms with Crippen molar-refractivity contribution in [3.05, 3.63) is 24.6 Å². The second-order valence-corrected chi connectivity index (χ2v) is 9.31. The van der Waals surface area contributed by atoms with Crippen molar-refractivity contribution in [1.29, 1.82) is 0 Å². The third-order valence-corrected chi connectivity index (χ3v) is 6.44. The minimum atomic E-state index is -1.05. The Morgan fingerprint density at radius 3 is 1.97 bits per heavy atom. The standard InChI is InChI=1S/C27H49N3O2/c1-2-3-4-5-6-7-8-9-10-11-12-13-14-15-16-17-18-19-20-26-29-22-24-30(26,23-21-28)25-27(31)32/h12-13,22,24H,2-11,14-21,23,25,28H2,1H3/b13-12+. The summed E-state index contributed by atoms with van der Waals surface area (Å²) in [5.41, 5.74) is 5.71. The summed E-state index contributed by atoms with van der Waals surface area (Å²) < 4.78 is 0.239. The number of unbranched alkanes of at least 4 members (excludes halogenated alkanes) is 14. The molecule has 0 saturated heterocycles. The lowest BCUT2D eigenvalue weighted by Crippen LogP contribution is -2.55. The molecule has 0 aromatic carbocycles. The van der Waals surface area contributed by atoms with Crippen molar-refractivity contribution in [2.24, 2.45) is 10.7 Å². The minimum Gasteiger partial charge on any atom is -0.544 e. The van der Waals surface area contributed by atoms with Gasteiger partial charge in [-0.2, -0.15) is 0 Å². The maximum Gasteiger partial charge on any atom is 0.207 e. The number of carbonyl (C=O) groups is 1. The molecule has 2 N–H and O–H groups in total. The molecule has 1 aliphatic rings. The van der Waals surface area contributed by atoms with E-state index >= 15 is 0 Å². The molecule has 0 amide bonds. The van der Waals surface area contributed by atoms with Crippen molar-refractivity contribution in [3.63, 3.8) is 0 Å². The SMILES string of the molecule is CCCCCCCCCCC/C=C/CCCCCCCC1=NC=C[N+]1(CCN)CC(=O)[O-]. The van der Waals surface area contributed by atoms with E-state index in [-0.39, 0.29) is 11.0 Å². The van der Waals surface area contributed by atoms with Crippen molar-refractivity contribution < 1.29 is 14.4 Å². The second kappa shape index (κ2) is 19.0. The molecule has 0 saturated carbocycles. The molecule has 1 aliphatic heterocycles. The number of aliphatic imine (C=N–C) groups is 1. The summed E-state index contributed by atoms with van der Waals surface area (Å²) in [5, 5.41) is 11.2. The van der Waals surface area contributed by atoms with E-state index in [4.69, 9.17) is 5.73 Å². The van der Waals surface area contributed by atoms with Crippen molar-refractivity contribution in [2.75, 3.05) is 19.6 Å². The molecule has 1 unspecified atom stereocenters. The molecule has 0 aromatic rings. The lowest BCUT2D eigenvalue weighted by Gasteiger charge is -2.32. The van der Waals surface area contributed by atoms with Crippen LogP contribution in [0.2, 0.25) is 0 Å². The predicted molar refractivity (Wildman–Crippen MR) is 134 cm³/mol. The minimum absolute atomic E-state index is 0.0715. The van der Waals surface area contributed by atoms with Crippen molar-refractivity contribution in [1.82, 2.24) is 0 Å². The van der Waals surface area contributed by atoms with E-state index in [2.05, 4.69) is 24.1 Å². The van der Waals surface area contributed by atoms with Gasteiger partial charge < -0.3 is 15.6 Å². The Labute approximate surface area is 197 Å². The van der Waals surface area contributed by atoms with Gasteiger partial charge in [0.15, 0.2) is 0 Å². The number of allylic oxidation sites excluding steroid dienone is 2. The Morgan fingerprint density at radius 2 is 1.44 bits per heavy atom. The summed E-state index contributed by atoms with van der Waals surface area (Å²) >= 11 is 0. The molecule has 32 heavy (non-hydrogen) atoms. The molecule has 5 nitrogen and oxygen atoms in total. The van der Waals surface area contributed by atoms with E-state index in [1.54, 1.807) is 6.20 Å². The summed E-state index contributed by atoms with van der Waals surface area (Å²) in [6.07, 6.45) is 30.1. The van der Waals surface area contributed by atoms with Gasteiger partial charge in [-0.1, -0.05) is 89.7 Å². The molecular weight excluding hydrogens is 398 g/mol. The van der Waals surface area contributed by atoms with E-state index in [1.165, 1.54) is 89.9 Å². The summed E-state index contributed by atoms with van der Waals surface area (Å²) in [4.78, 5) is 15.6. The summed E-state index contributed by atoms with van der Waals surface area (Å²) in [7, 11) is 0. The molecule has 0 aromatic heterocycles. The van der Waals surface area contributed by atoms with Gasteiger partial charge in [0.05, 0.1) is 12.2 Å². The smallest absolute Gasteiger partial charge is 0.207 e. The van der Waals surface area contributed by atoms with Crippen LogP contribution in [-0.2, 0) is 4.79 Å². The number of carboxylic acid groups (broad SMARTS) is 1. The fourth-order valence-corrected chi connectivity index (χ4v) is 4.51. The second-order valence-electron chi connectivity index (χ2n) is 9.31. The largest absolute Gasteiger partial charge is 0.544 e. The fourth-order valence-electron chi connectivity index (χ4n) is 4.51. The van der Waals surface area contributed by atoms with Gasteiger partial charge in [0.1, 0.15) is 19.3 Å². The Balaban J connectivity index is 1.96. The van der Waals surface area contributed by atoms with Gasteiger partial charge in [-0.25, -0.2) is 9.48 Å². The first kappa shape index (κ1) is 28.6. The average molecular weight is 448 g/mol. The number of rotatable bonds is 22. The van der Waals surface area contributed by atoms with Gasteiger partial charge in [-0.3, -0.25) is 0 Å². The highest BCUT2D eigenvalue weighted by molar-refractivity contribution is 5.80. The van der Waals surface area contributed by atoms with Crippen LogP contribution in [0.5, 0.6) is 0 Å². The van der Waals surface area contributed by atoms with Crippen molar-refractivity contribution in [2.45, 2.75) is 116 Å². The number of carbonyl (C=O) groups excluding carboxylic acids is 1. The number of hydrogen-bond donors (Lipinski definition) is 1. The molecule has 184 valence electrons. The monoisotopic (exact) mass is 447 g/mol. The molecule has 0 radical (unpaired) electrons. The van der Waals surface area contributed by atoms with E-state index in [1.807, 2.05) is 6.20 Å². The highest BCUT2D eigenvalue weighted by atomic mass is 16.4. The molecule has 0 fully saturated rings. The zero-order chi connectivity index (χ0) is 23.3. The van der Waals surface area contributed by atoms with Gasteiger partial charge in [-0.15, -0.1) is 0 Å². The van der Waals surface area contributed by atoms with Crippen molar-refractivity contribution in [3.8, 4) is 0 Å². The van der Waals surface area contributed by atoms with Crippen LogP contribution in [0.25, 0.3) is 0 Å². The van der Waals surface area contributed by atoms with E-state index < -0.39 is 5.97 Å². The molecule has 0 bridgehead atoms. The van der Waals surface area contributed by atoms with Crippen LogP contribution in [0, 0.1) is 0 Å². The van der Waals surface area contributed by atoms with E-state index in [0.29, 0.717) is 13.1 Å². The van der Waals surface area contributed by atoms with Gasteiger partial charge >= 0.3 is 0 Å². The number of carboxylic acids is 1. The number of nitrogens with zero attached hydrogens (tertiary/aromatic N) is 2. The quantitative estimate of drug-likeness (QED) is 0.133. The zero-order valence-electron chi connectivity index (χ0n) is 20.7. The number of quaternary nitrogens is 1. The number of amidine groups is 1. The molecule has 5 heteroatoms. The van der Waals surface area contributed by atoms with E-state index in [0.717, 1.165) is 25.1 Å². The van der Waals surface area contributed by atoms with Gasteiger partial charge in [0.2, 0.25) is 5.84 Å². The predicted octanol–water partition coefficient (Wildman–Crippen LogP) is 5.60. The molecular formula is C27H49N3O2. The fraction of sp³-hybridized carbons (Fsp3) is 0.778. The van der Waals surface area contributed by atoms with Crippen LogP contribution < -0.4 is 10.8 Å². The third-order valence-electron chi connectivity index (χ3n) is 6.44. The van der Waals surface area contributed by atoms with Crippen LogP contribution in [0.3, 0.4) is 0 Å². The molecule has 1 atom stereocenters. The number of aliphatic carboxylic acids is 1. The average Bonchev–Trinajstić information content (AvgIpc) is 3.14. The Kier molecular flexibility index (Phi) is 17.0. The maximum absolute atomic E-state index is 11.2. The number of nitrogens with two attached hydrogens (primary N) is 1. The first-order chi connectivity index (χ1) is 15.6. The normalized spacial score (nSPS) is 18.0. The van der Waals surface area contributed by atoms with Crippen LogP contribution in [0.15, 0.2) is 29.5 Å². The van der Waals surface area contributed by atoms with Gasteiger partial charge in [-0.05, 0) is 32.1 Å². The summed E-state index contributed by atoms with van der Waals surface area (Å²) in [6, 6.07) is 0. The van der Waals surface area contributed by atoms with Gasteiger partial charge in [0.25, 0.3) is 0 Å². The Hall–Kier alpha value is -1.46. The highest BCUT2D eigenvalue weighted by Gasteiger charge is 2.34. The van der Waals surface area contributed by atoms with E-state index in [9.17, 15) is 9.90 Å². The van der Waals surface area contributed by atoms with Crippen LogP contribution >= 0.6 is 0 Å². The lowest BCUT2D eigenvalue weighted by atomic mass is 10.1. The van der Waals surface area contributed by atoms with Crippen LogP contribution in [-0.4, -0.2) is 35.9 Å². The topological polar surface area (TPSA) is 78.5 Å². The first-order valence-electron chi connectivity index (χ1n) is 13.3. The zero-order valence-corrected chi connectivity index (χ0v) is 20.7. The molecule has 0 aliphatic carbocycles. The van der Waals surface area contributed by atoms with Crippen molar-refractivity contribution >= 4 is 11.8 Å². The number of hydrogen-bond acceptors (Lipinski definition) is 4. The first-order valence-corrected chi connectivity index (χ1v) is 13.3. The maximum atomic E-state index is 11.2.